The van der Waals surface area contributed by atoms with Crippen LogP contribution in [-0.2, 0) is 5.41 Å². The third kappa shape index (κ3) is 4.62. The van der Waals surface area contributed by atoms with Crippen molar-refractivity contribution in [1.82, 2.24) is 19.1 Å². The molecule has 9 aromatic rings. The van der Waals surface area contributed by atoms with E-state index < -0.39 is 0 Å². The summed E-state index contributed by atoms with van der Waals surface area (Å²) in [4.78, 5) is 9.65. The number of hydrogen-bond acceptors (Lipinski definition) is 3. The van der Waals surface area contributed by atoms with Crippen LogP contribution in [0.2, 0.25) is 0 Å². The number of benzene rings is 6. The summed E-state index contributed by atoms with van der Waals surface area (Å²) in [7, 11) is 0. The second-order valence-corrected chi connectivity index (χ2v) is 14.3. The van der Waals surface area contributed by atoms with Crippen molar-refractivity contribution >= 4 is 32.7 Å². The Kier molecular flexibility index (Phi) is 6.37. The molecule has 1 aliphatic carbocycles. The molecule has 0 atom stereocenters. The topological polar surface area (TPSA) is 44.9 Å². The predicted molar refractivity (Wildman–Crippen MR) is 208 cm³/mol. The van der Waals surface area contributed by atoms with Gasteiger partial charge in [-0.1, -0.05) is 99.6 Å². The zero-order valence-corrected chi connectivity index (χ0v) is 28.6. The summed E-state index contributed by atoms with van der Waals surface area (Å²) in [5.41, 5.74) is 12.4. The largest absolute Gasteiger partial charge is 0.457 e. The molecule has 0 N–H and O–H groups in total. The molecule has 0 unspecified atom stereocenters. The van der Waals surface area contributed by atoms with E-state index >= 15 is 0 Å². The number of pyridine rings is 1. The van der Waals surface area contributed by atoms with Crippen molar-refractivity contribution in [2.75, 3.05) is 0 Å². The van der Waals surface area contributed by atoms with Gasteiger partial charge in [-0.2, -0.15) is 0 Å². The molecule has 51 heavy (non-hydrogen) atoms. The van der Waals surface area contributed by atoms with Crippen LogP contribution in [0.25, 0.3) is 77.7 Å². The molecule has 244 valence electrons. The first-order valence-electron chi connectivity index (χ1n) is 17.4. The quantitative estimate of drug-likeness (QED) is 0.189. The van der Waals surface area contributed by atoms with Gasteiger partial charge in [0.1, 0.15) is 23.6 Å². The average molecular weight is 659 g/mol. The lowest BCUT2D eigenvalue weighted by molar-refractivity contribution is 0.483. The Morgan fingerprint density at radius 3 is 2.20 bits per heavy atom. The second-order valence-electron chi connectivity index (χ2n) is 14.3. The first kappa shape index (κ1) is 29.5. The first-order valence-corrected chi connectivity index (χ1v) is 17.4. The molecular formula is C46H34N4O. The van der Waals surface area contributed by atoms with Crippen LogP contribution >= 0.6 is 0 Å². The van der Waals surface area contributed by atoms with E-state index in [1.807, 2.05) is 42.9 Å². The van der Waals surface area contributed by atoms with Gasteiger partial charge in [-0.3, -0.25) is 9.13 Å². The minimum atomic E-state index is -0.0445. The molecule has 5 nitrogen and oxygen atoms in total. The Balaban J connectivity index is 1.22. The molecule has 0 saturated heterocycles. The first-order chi connectivity index (χ1) is 24.9. The van der Waals surface area contributed by atoms with Crippen LogP contribution in [0.5, 0.6) is 11.5 Å². The fourth-order valence-corrected chi connectivity index (χ4v) is 7.80. The van der Waals surface area contributed by atoms with E-state index in [1.165, 1.54) is 44.2 Å². The van der Waals surface area contributed by atoms with Gasteiger partial charge in [0.25, 0.3) is 0 Å². The number of ether oxygens (including phenoxy) is 1. The number of para-hydroxylation sites is 2. The molecule has 0 saturated carbocycles. The number of imidazole rings is 1. The molecule has 0 radical (unpaired) electrons. The summed E-state index contributed by atoms with van der Waals surface area (Å²) < 4.78 is 11.1. The van der Waals surface area contributed by atoms with Crippen LogP contribution in [0.3, 0.4) is 0 Å². The average Bonchev–Trinajstić information content (AvgIpc) is 3.70. The van der Waals surface area contributed by atoms with Gasteiger partial charge in [0.15, 0.2) is 0 Å². The highest BCUT2D eigenvalue weighted by Crippen LogP contribution is 2.52. The molecule has 6 aromatic carbocycles. The lowest BCUT2D eigenvalue weighted by Crippen LogP contribution is -2.12. The summed E-state index contributed by atoms with van der Waals surface area (Å²) in [6.07, 6.45) is 3.81. The van der Waals surface area contributed by atoms with Crippen LogP contribution < -0.4 is 4.74 Å². The number of hydrogen-bond donors (Lipinski definition) is 0. The Morgan fingerprint density at radius 1 is 0.588 bits per heavy atom. The molecule has 10 rings (SSSR count). The summed E-state index contributed by atoms with van der Waals surface area (Å²) in [6, 6.07) is 49.3. The fourth-order valence-electron chi connectivity index (χ4n) is 7.80. The van der Waals surface area contributed by atoms with Crippen molar-refractivity contribution in [3.63, 3.8) is 0 Å². The van der Waals surface area contributed by atoms with Gasteiger partial charge < -0.3 is 4.74 Å². The minimum absolute atomic E-state index is 0.0445. The van der Waals surface area contributed by atoms with E-state index in [-0.39, 0.29) is 5.41 Å². The Labute approximate surface area is 296 Å². The number of nitrogens with zero attached hydrogens (tertiary/aromatic N) is 4. The Morgan fingerprint density at radius 2 is 1.33 bits per heavy atom. The SMILES string of the molecule is CC(C)(C)c1ccnc(-n2c3c(c4ccc(Oc5cccc(-n6cnc7ccccc76)c5)cc42)-c2cccc4cccc(c24)-c2ccccc2-3)c1. The van der Waals surface area contributed by atoms with Crippen LogP contribution in [0.15, 0.2) is 152 Å². The van der Waals surface area contributed by atoms with Gasteiger partial charge in [0, 0.05) is 34.8 Å². The van der Waals surface area contributed by atoms with E-state index in [9.17, 15) is 0 Å². The molecule has 1 aliphatic rings. The highest BCUT2D eigenvalue weighted by molar-refractivity contribution is 6.19. The monoisotopic (exact) mass is 658 g/mol. The number of rotatable bonds is 4. The van der Waals surface area contributed by atoms with Crippen LogP contribution in [-0.4, -0.2) is 19.1 Å². The standard InChI is InChI=1S/C46H34N4O/c1-46(2,3)30-23-24-47-42(25-30)50-41-27-33(51-32-14-10-13-31(26-32)49-28-48-39-19-6-7-20-40(39)49)21-22-37(41)44-38-18-9-12-29-11-8-17-35(43(29)38)34-15-4-5-16-36(34)45(44)50/h4-28H,1-3H3. The number of aromatic nitrogens is 4. The van der Waals surface area contributed by atoms with Gasteiger partial charge in [-0.15, -0.1) is 0 Å². The molecule has 3 aromatic heterocycles. The van der Waals surface area contributed by atoms with Gasteiger partial charge >= 0.3 is 0 Å². The van der Waals surface area contributed by atoms with Crippen molar-refractivity contribution < 1.29 is 4.74 Å². The smallest absolute Gasteiger partial charge is 0.137 e. The zero-order chi connectivity index (χ0) is 34.3. The second kappa shape index (κ2) is 11.0. The summed E-state index contributed by atoms with van der Waals surface area (Å²) >= 11 is 0. The highest BCUT2D eigenvalue weighted by Gasteiger charge is 2.29. The summed E-state index contributed by atoms with van der Waals surface area (Å²) in [5.74, 6) is 2.39. The maximum Gasteiger partial charge on any atom is 0.137 e. The molecule has 0 amide bonds. The maximum absolute atomic E-state index is 6.68. The maximum atomic E-state index is 6.68. The Bertz CT molecular complexity index is 2830. The molecule has 0 fully saturated rings. The van der Waals surface area contributed by atoms with Gasteiger partial charge in [0.05, 0.1) is 27.9 Å². The van der Waals surface area contributed by atoms with Crippen molar-refractivity contribution in [2.45, 2.75) is 26.2 Å². The third-order valence-electron chi connectivity index (χ3n) is 10.2. The van der Waals surface area contributed by atoms with Gasteiger partial charge in [-0.05, 0) is 87.0 Å². The van der Waals surface area contributed by atoms with E-state index in [4.69, 9.17) is 9.72 Å². The lowest BCUT2D eigenvalue weighted by atomic mass is 9.88. The van der Waals surface area contributed by atoms with Crippen LogP contribution in [0, 0.1) is 0 Å². The fraction of sp³-hybridized carbons (Fsp3) is 0.0870. The van der Waals surface area contributed by atoms with Crippen LogP contribution in [0.4, 0.5) is 0 Å². The van der Waals surface area contributed by atoms with E-state index in [1.54, 1.807) is 0 Å². The lowest BCUT2D eigenvalue weighted by Gasteiger charge is -2.21. The predicted octanol–water partition coefficient (Wildman–Crippen LogP) is 11.9. The van der Waals surface area contributed by atoms with E-state index in [0.717, 1.165) is 50.6 Å². The van der Waals surface area contributed by atoms with Crippen molar-refractivity contribution in [2.24, 2.45) is 0 Å². The zero-order valence-electron chi connectivity index (χ0n) is 28.6. The Hall–Kier alpha value is -6.46. The summed E-state index contributed by atoms with van der Waals surface area (Å²) in [5, 5.41) is 3.65. The van der Waals surface area contributed by atoms with E-state index in [0.29, 0.717) is 0 Å². The van der Waals surface area contributed by atoms with E-state index in [2.05, 4.69) is 144 Å². The molecule has 0 aliphatic heterocycles. The highest BCUT2D eigenvalue weighted by atomic mass is 16.5. The minimum Gasteiger partial charge on any atom is -0.457 e. The van der Waals surface area contributed by atoms with Crippen molar-refractivity contribution in [1.29, 1.82) is 0 Å². The van der Waals surface area contributed by atoms with Gasteiger partial charge in [-0.25, -0.2) is 9.97 Å². The molecule has 3 heterocycles. The molecule has 5 heteroatoms. The third-order valence-corrected chi connectivity index (χ3v) is 10.2. The van der Waals surface area contributed by atoms with Crippen molar-refractivity contribution in [3.8, 4) is 56.5 Å². The normalized spacial score (nSPS) is 12.2. The molecule has 0 spiro atoms. The summed E-state index contributed by atoms with van der Waals surface area (Å²) in [6.45, 7) is 6.75. The van der Waals surface area contributed by atoms with Crippen LogP contribution in [0.1, 0.15) is 26.3 Å². The number of fused-ring (bicyclic) bond motifs is 8. The molecular weight excluding hydrogens is 625 g/mol. The van der Waals surface area contributed by atoms with Crippen molar-refractivity contribution in [3.05, 3.63) is 158 Å². The van der Waals surface area contributed by atoms with Gasteiger partial charge in [0.2, 0.25) is 0 Å². The molecule has 0 bridgehead atoms.